The van der Waals surface area contributed by atoms with Crippen LogP contribution in [-0.4, -0.2) is 43.0 Å². The van der Waals surface area contributed by atoms with E-state index in [0.717, 1.165) is 32.4 Å². The van der Waals surface area contributed by atoms with E-state index in [1.807, 2.05) is 6.92 Å². The Bertz CT molecular complexity index is 916. The molecular weight excluding hydrogens is 455 g/mol. The second kappa shape index (κ2) is 10.4. The number of benzene rings is 2. The summed E-state index contributed by atoms with van der Waals surface area (Å²) in [6.45, 7) is 3.60. The lowest BCUT2D eigenvalue weighted by Crippen LogP contribution is -2.38. The minimum atomic E-state index is -0.543. The number of carbonyl (C=O) groups excluding carboxylic acids is 2. The summed E-state index contributed by atoms with van der Waals surface area (Å²) >= 11 is 3.18. The molecule has 0 aromatic heterocycles. The molecule has 0 spiro atoms. The van der Waals surface area contributed by atoms with Gasteiger partial charge in [0.05, 0.1) is 12.3 Å². The maximum atomic E-state index is 14.0. The number of hydrogen-bond acceptors (Lipinski definition) is 4. The molecule has 2 aromatic rings. The van der Waals surface area contributed by atoms with E-state index in [0.29, 0.717) is 22.6 Å². The van der Waals surface area contributed by atoms with Gasteiger partial charge in [-0.05, 0) is 62.6 Å². The van der Waals surface area contributed by atoms with E-state index in [2.05, 4.69) is 21.2 Å². The Balaban J connectivity index is 1.69. The minimum Gasteiger partial charge on any atom is -0.490 e. The SMILES string of the molecule is CCOc1cc(C(=O)Nc2ccc(Br)cc2F)ccc1OCC(=O)N1CCCCC1. The summed E-state index contributed by atoms with van der Waals surface area (Å²) in [5.74, 6) is -0.349. The van der Waals surface area contributed by atoms with Crippen LogP contribution in [0.1, 0.15) is 36.5 Å². The Morgan fingerprint density at radius 2 is 1.83 bits per heavy atom. The molecule has 2 amide bonds. The Morgan fingerprint density at radius 3 is 2.53 bits per heavy atom. The van der Waals surface area contributed by atoms with E-state index in [9.17, 15) is 14.0 Å². The fourth-order valence-corrected chi connectivity index (χ4v) is 3.53. The summed E-state index contributed by atoms with van der Waals surface area (Å²) < 4.78 is 25.8. The van der Waals surface area contributed by atoms with Crippen molar-refractivity contribution >= 4 is 33.4 Å². The van der Waals surface area contributed by atoms with Gasteiger partial charge in [-0.15, -0.1) is 0 Å². The number of amides is 2. The van der Waals surface area contributed by atoms with E-state index in [1.165, 1.54) is 18.2 Å². The lowest BCUT2D eigenvalue weighted by atomic mass is 10.1. The molecule has 8 heteroatoms. The highest BCUT2D eigenvalue weighted by atomic mass is 79.9. The third-order valence-electron chi connectivity index (χ3n) is 4.74. The molecule has 0 radical (unpaired) electrons. The molecule has 2 aromatic carbocycles. The standard InChI is InChI=1S/C22H24BrFN2O4/c1-2-29-20-12-15(22(28)25-18-8-7-16(23)13-17(18)24)6-9-19(20)30-14-21(27)26-10-4-3-5-11-26/h6-9,12-13H,2-5,10-11,14H2,1H3,(H,25,28). The predicted octanol–water partition coefficient (Wildman–Crippen LogP) is 4.63. The highest BCUT2D eigenvalue weighted by Gasteiger charge is 2.19. The first-order valence-corrected chi connectivity index (χ1v) is 10.7. The van der Waals surface area contributed by atoms with Crippen molar-refractivity contribution in [3.63, 3.8) is 0 Å². The van der Waals surface area contributed by atoms with Gasteiger partial charge in [0.2, 0.25) is 0 Å². The molecule has 3 rings (SSSR count). The normalized spacial score (nSPS) is 13.6. The zero-order valence-corrected chi connectivity index (χ0v) is 18.3. The first-order chi connectivity index (χ1) is 14.5. The second-order valence-corrected chi connectivity index (χ2v) is 7.82. The van der Waals surface area contributed by atoms with Crippen LogP contribution >= 0.6 is 15.9 Å². The number of nitrogens with zero attached hydrogens (tertiary/aromatic N) is 1. The summed E-state index contributed by atoms with van der Waals surface area (Å²) in [4.78, 5) is 26.7. The molecule has 0 saturated carbocycles. The number of hydrogen-bond donors (Lipinski definition) is 1. The van der Waals surface area contributed by atoms with Crippen LogP contribution in [0.3, 0.4) is 0 Å². The Kier molecular flexibility index (Phi) is 7.68. The smallest absolute Gasteiger partial charge is 0.260 e. The average Bonchev–Trinajstić information content (AvgIpc) is 2.75. The van der Waals surface area contributed by atoms with Crippen LogP contribution in [-0.2, 0) is 4.79 Å². The van der Waals surface area contributed by atoms with Crippen molar-refractivity contribution in [2.45, 2.75) is 26.2 Å². The summed E-state index contributed by atoms with van der Waals surface area (Å²) in [6.07, 6.45) is 3.17. The zero-order valence-electron chi connectivity index (χ0n) is 16.7. The van der Waals surface area contributed by atoms with Gasteiger partial charge in [-0.3, -0.25) is 9.59 Å². The first-order valence-electron chi connectivity index (χ1n) is 9.91. The largest absolute Gasteiger partial charge is 0.490 e. The minimum absolute atomic E-state index is 0.0651. The maximum absolute atomic E-state index is 14.0. The molecule has 0 aliphatic carbocycles. The molecule has 1 fully saturated rings. The van der Waals surface area contributed by atoms with Crippen molar-refractivity contribution in [3.8, 4) is 11.5 Å². The monoisotopic (exact) mass is 478 g/mol. The predicted molar refractivity (Wildman–Crippen MR) is 116 cm³/mol. The van der Waals surface area contributed by atoms with Crippen molar-refractivity contribution in [1.29, 1.82) is 0 Å². The molecule has 1 N–H and O–H groups in total. The molecule has 0 bridgehead atoms. The summed E-state index contributed by atoms with van der Waals surface area (Å²) in [5, 5.41) is 2.54. The molecule has 160 valence electrons. The number of nitrogens with one attached hydrogen (secondary N) is 1. The van der Waals surface area contributed by atoms with Crippen LogP contribution in [0, 0.1) is 5.82 Å². The average molecular weight is 479 g/mol. The first kappa shape index (κ1) is 22.1. The van der Waals surface area contributed by atoms with Gasteiger partial charge in [-0.25, -0.2) is 4.39 Å². The summed E-state index contributed by atoms with van der Waals surface area (Å²) in [5.41, 5.74) is 0.365. The second-order valence-electron chi connectivity index (χ2n) is 6.90. The number of ether oxygens (including phenoxy) is 2. The number of carbonyl (C=O) groups is 2. The van der Waals surface area contributed by atoms with E-state index < -0.39 is 11.7 Å². The van der Waals surface area contributed by atoms with Gasteiger partial charge in [0.25, 0.3) is 11.8 Å². The van der Waals surface area contributed by atoms with Crippen LogP contribution in [0.2, 0.25) is 0 Å². The lowest BCUT2D eigenvalue weighted by Gasteiger charge is -2.26. The van der Waals surface area contributed by atoms with Crippen LogP contribution in [0.25, 0.3) is 0 Å². The van der Waals surface area contributed by atoms with E-state index in [-0.39, 0.29) is 23.8 Å². The Hall–Kier alpha value is -2.61. The van der Waals surface area contributed by atoms with Crippen LogP contribution < -0.4 is 14.8 Å². The number of piperidine rings is 1. The van der Waals surface area contributed by atoms with Crippen molar-refractivity contribution in [2.24, 2.45) is 0 Å². The van der Waals surface area contributed by atoms with Crippen LogP contribution in [0.4, 0.5) is 10.1 Å². The zero-order chi connectivity index (χ0) is 21.5. The van der Waals surface area contributed by atoms with E-state index in [4.69, 9.17) is 9.47 Å². The highest BCUT2D eigenvalue weighted by molar-refractivity contribution is 9.10. The number of halogens is 2. The van der Waals surface area contributed by atoms with Gasteiger partial charge in [0.1, 0.15) is 5.82 Å². The third-order valence-corrected chi connectivity index (χ3v) is 5.24. The van der Waals surface area contributed by atoms with E-state index >= 15 is 0 Å². The summed E-state index contributed by atoms with van der Waals surface area (Å²) in [7, 11) is 0. The molecule has 30 heavy (non-hydrogen) atoms. The van der Waals surface area contributed by atoms with Gasteiger partial charge in [0, 0.05) is 23.1 Å². The molecule has 1 aliphatic rings. The molecule has 6 nitrogen and oxygen atoms in total. The van der Waals surface area contributed by atoms with Crippen molar-refractivity contribution in [2.75, 3.05) is 31.6 Å². The van der Waals surface area contributed by atoms with Gasteiger partial charge in [-0.1, -0.05) is 15.9 Å². The maximum Gasteiger partial charge on any atom is 0.260 e. The molecular formula is C22H24BrFN2O4. The number of anilines is 1. The quantitative estimate of drug-likeness (QED) is 0.629. The van der Waals surface area contributed by atoms with Crippen LogP contribution in [0.5, 0.6) is 11.5 Å². The lowest BCUT2D eigenvalue weighted by molar-refractivity contribution is -0.134. The Morgan fingerprint density at radius 1 is 1.07 bits per heavy atom. The van der Waals surface area contributed by atoms with Gasteiger partial charge in [0.15, 0.2) is 18.1 Å². The fraction of sp³-hybridized carbons (Fsp3) is 0.364. The van der Waals surface area contributed by atoms with Gasteiger partial charge < -0.3 is 19.7 Å². The van der Waals surface area contributed by atoms with Crippen LogP contribution in [0.15, 0.2) is 40.9 Å². The molecule has 1 aliphatic heterocycles. The molecule has 1 heterocycles. The van der Waals surface area contributed by atoms with E-state index in [1.54, 1.807) is 23.1 Å². The third kappa shape index (κ3) is 5.72. The number of rotatable bonds is 7. The fourth-order valence-electron chi connectivity index (χ4n) is 3.20. The summed E-state index contributed by atoms with van der Waals surface area (Å²) in [6, 6.07) is 9.05. The van der Waals surface area contributed by atoms with Gasteiger partial charge >= 0.3 is 0 Å². The highest BCUT2D eigenvalue weighted by Crippen LogP contribution is 2.29. The topological polar surface area (TPSA) is 67.9 Å². The molecule has 0 unspecified atom stereocenters. The number of likely N-dealkylation sites (tertiary alicyclic amines) is 1. The van der Waals surface area contributed by atoms with Crippen molar-refractivity contribution in [1.82, 2.24) is 4.90 Å². The van der Waals surface area contributed by atoms with Crippen molar-refractivity contribution in [3.05, 3.63) is 52.3 Å². The van der Waals surface area contributed by atoms with Gasteiger partial charge in [-0.2, -0.15) is 0 Å². The molecule has 0 atom stereocenters. The molecule has 1 saturated heterocycles. The van der Waals surface area contributed by atoms with Crippen molar-refractivity contribution < 1.29 is 23.5 Å². The Labute approximate surface area is 183 Å².